The summed E-state index contributed by atoms with van der Waals surface area (Å²) in [4.78, 5) is 2.33. The van der Waals surface area contributed by atoms with Crippen molar-refractivity contribution < 1.29 is 9.47 Å². The minimum absolute atomic E-state index is 0.112. The molecule has 0 spiro atoms. The van der Waals surface area contributed by atoms with Crippen LogP contribution >= 0.6 is 15.9 Å². The maximum Gasteiger partial charge on any atom is 0.142 e. The average molecular weight is 362 g/mol. The first kappa shape index (κ1) is 15.2. The lowest BCUT2D eigenvalue weighted by Gasteiger charge is -2.26. The molecule has 0 saturated heterocycles. The number of nitrogens with zero attached hydrogens (tertiary/aromatic N) is 1. The molecule has 0 saturated carbocycles. The highest BCUT2D eigenvalue weighted by Crippen LogP contribution is 2.35. The van der Waals surface area contributed by atoms with E-state index in [1.807, 2.05) is 12.1 Å². The van der Waals surface area contributed by atoms with Crippen LogP contribution in [0.3, 0.4) is 0 Å². The maximum atomic E-state index is 6.08. The number of benzene rings is 2. The van der Waals surface area contributed by atoms with Gasteiger partial charge >= 0.3 is 0 Å². The van der Waals surface area contributed by atoms with Crippen LogP contribution in [0.4, 0.5) is 5.69 Å². The smallest absolute Gasteiger partial charge is 0.142 e. The number of rotatable bonds is 2. The van der Waals surface area contributed by atoms with Gasteiger partial charge in [0.1, 0.15) is 17.6 Å². The van der Waals surface area contributed by atoms with Gasteiger partial charge in [0.2, 0.25) is 0 Å². The molecule has 0 bridgehead atoms. The van der Waals surface area contributed by atoms with Crippen molar-refractivity contribution in [2.45, 2.75) is 26.5 Å². The lowest BCUT2D eigenvalue weighted by Crippen LogP contribution is -2.31. The zero-order valence-electron chi connectivity index (χ0n) is 13.1. The third-order valence-electron chi connectivity index (χ3n) is 3.87. The molecule has 2 aromatic rings. The predicted octanol–water partition coefficient (Wildman–Crippen LogP) is 4.55. The van der Waals surface area contributed by atoms with Crippen LogP contribution in [-0.4, -0.2) is 19.8 Å². The minimum atomic E-state index is 0.112. The number of hydrogen-bond acceptors (Lipinski definition) is 3. The SMILES string of the molecule is COc1ccc(C)cc1N1Cc2ccc(Br)cc2OC(C)C1. The predicted molar refractivity (Wildman–Crippen MR) is 93.0 cm³/mol. The minimum Gasteiger partial charge on any atom is -0.495 e. The Morgan fingerprint density at radius 1 is 1.23 bits per heavy atom. The summed E-state index contributed by atoms with van der Waals surface area (Å²) in [5, 5.41) is 0. The number of aryl methyl sites for hydroxylation is 1. The van der Waals surface area contributed by atoms with Gasteiger partial charge in [-0.2, -0.15) is 0 Å². The topological polar surface area (TPSA) is 21.7 Å². The number of ether oxygens (including phenoxy) is 2. The summed E-state index contributed by atoms with van der Waals surface area (Å²) < 4.78 is 12.7. The van der Waals surface area contributed by atoms with E-state index in [0.29, 0.717) is 0 Å². The van der Waals surface area contributed by atoms with Crippen LogP contribution in [0, 0.1) is 6.92 Å². The quantitative estimate of drug-likeness (QED) is 0.782. The fourth-order valence-corrected chi connectivity index (χ4v) is 3.17. The van der Waals surface area contributed by atoms with Gasteiger partial charge in [0.15, 0.2) is 0 Å². The molecule has 1 aliphatic rings. The second-order valence-electron chi connectivity index (χ2n) is 5.74. The van der Waals surface area contributed by atoms with Crippen molar-refractivity contribution in [3.63, 3.8) is 0 Å². The molecule has 116 valence electrons. The van der Waals surface area contributed by atoms with Gasteiger partial charge in [-0.25, -0.2) is 0 Å². The van der Waals surface area contributed by atoms with Crippen LogP contribution < -0.4 is 14.4 Å². The van der Waals surface area contributed by atoms with Crippen LogP contribution in [0.25, 0.3) is 0 Å². The molecule has 2 aromatic carbocycles. The van der Waals surface area contributed by atoms with Gasteiger partial charge < -0.3 is 14.4 Å². The van der Waals surface area contributed by atoms with Gasteiger partial charge in [-0.1, -0.05) is 28.1 Å². The summed E-state index contributed by atoms with van der Waals surface area (Å²) in [5.41, 5.74) is 3.54. The summed E-state index contributed by atoms with van der Waals surface area (Å²) in [5.74, 6) is 1.86. The first-order valence-electron chi connectivity index (χ1n) is 7.41. The number of anilines is 1. The molecular weight excluding hydrogens is 342 g/mol. The fraction of sp³-hybridized carbons (Fsp3) is 0.333. The summed E-state index contributed by atoms with van der Waals surface area (Å²) in [6.45, 7) is 5.84. The van der Waals surface area contributed by atoms with Crippen molar-refractivity contribution in [2.75, 3.05) is 18.6 Å². The summed E-state index contributed by atoms with van der Waals surface area (Å²) in [6.07, 6.45) is 0.112. The zero-order chi connectivity index (χ0) is 15.7. The van der Waals surface area contributed by atoms with Gasteiger partial charge in [0.05, 0.1) is 19.3 Å². The van der Waals surface area contributed by atoms with Crippen molar-refractivity contribution in [2.24, 2.45) is 0 Å². The Kier molecular flexibility index (Phi) is 4.30. The number of hydrogen-bond donors (Lipinski definition) is 0. The molecule has 1 unspecified atom stereocenters. The van der Waals surface area contributed by atoms with Crippen molar-refractivity contribution in [3.05, 3.63) is 52.0 Å². The monoisotopic (exact) mass is 361 g/mol. The first-order valence-corrected chi connectivity index (χ1v) is 8.21. The average Bonchev–Trinajstić information content (AvgIpc) is 2.64. The molecule has 3 rings (SSSR count). The molecule has 4 heteroatoms. The third kappa shape index (κ3) is 3.07. The van der Waals surface area contributed by atoms with E-state index in [-0.39, 0.29) is 6.10 Å². The van der Waals surface area contributed by atoms with Crippen LogP contribution in [-0.2, 0) is 6.54 Å². The molecule has 1 aliphatic heterocycles. The van der Waals surface area contributed by atoms with Crippen LogP contribution in [0.15, 0.2) is 40.9 Å². The number of methoxy groups -OCH3 is 1. The molecule has 0 aromatic heterocycles. The van der Waals surface area contributed by atoms with Crippen molar-refractivity contribution >= 4 is 21.6 Å². The van der Waals surface area contributed by atoms with Crippen LogP contribution in [0.5, 0.6) is 11.5 Å². The van der Waals surface area contributed by atoms with E-state index in [9.17, 15) is 0 Å². The Labute approximate surface area is 140 Å². The standard InChI is InChI=1S/C18H20BrNO2/c1-12-4-7-17(21-3)16(8-12)20-10-13(2)22-18-9-15(19)6-5-14(18)11-20/h4-9,13H,10-11H2,1-3H3. The lowest BCUT2D eigenvalue weighted by molar-refractivity contribution is 0.232. The molecule has 0 N–H and O–H groups in total. The normalized spacial score (nSPS) is 17.5. The van der Waals surface area contributed by atoms with Crippen molar-refractivity contribution in [1.82, 2.24) is 0 Å². The highest BCUT2D eigenvalue weighted by Gasteiger charge is 2.22. The summed E-state index contributed by atoms with van der Waals surface area (Å²) in [7, 11) is 1.72. The molecule has 22 heavy (non-hydrogen) atoms. The van der Waals surface area contributed by atoms with Crippen LogP contribution in [0.1, 0.15) is 18.1 Å². The maximum absolute atomic E-state index is 6.08. The van der Waals surface area contributed by atoms with E-state index in [4.69, 9.17) is 9.47 Å². The van der Waals surface area contributed by atoms with Crippen molar-refractivity contribution in [1.29, 1.82) is 0 Å². The lowest BCUT2D eigenvalue weighted by atomic mass is 10.1. The van der Waals surface area contributed by atoms with Gasteiger partial charge in [0, 0.05) is 16.6 Å². The van der Waals surface area contributed by atoms with E-state index in [1.165, 1.54) is 11.1 Å². The van der Waals surface area contributed by atoms with E-state index >= 15 is 0 Å². The van der Waals surface area contributed by atoms with Gasteiger partial charge in [-0.3, -0.25) is 0 Å². The highest BCUT2D eigenvalue weighted by molar-refractivity contribution is 9.10. The Morgan fingerprint density at radius 2 is 2.05 bits per heavy atom. The molecule has 0 fully saturated rings. The van der Waals surface area contributed by atoms with Gasteiger partial charge in [-0.05, 0) is 43.7 Å². The summed E-state index contributed by atoms with van der Waals surface area (Å²) >= 11 is 3.51. The molecule has 1 heterocycles. The largest absolute Gasteiger partial charge is 0.495 e. The molecule has 1 atom stereocenters. The van der Waals surface area contributed by atoms with E-state index in [1.54, 1.807) is 7.11 Å². The number of fused-ring (bicyclic) bond motifs is 1. The third-order valence-corrected chi connectivity index (χ3v) is 4.36. The molecular formula is C18H20BrNO2. The Bertz CT molecular complexity index is 687. The second-order valence-corrected chi connectivity index (χ2v) is 6.65. The van der Waals surface area contributed by atoms with Gasteiger partial charge in [-0.15, -0.1) is 0 Å². The van der Waals surface area contributed by atoms with E-state index in [0.717, 1.165) is 34.7 Å². The molecule has 3 nitrogen and oxygen atoms in total. The molecule has 0 radical (unpaired) electrons. The zero-order valence-corrected chi connectivity index (χ0v) is 14.7. The van der Waals surface area contributed by atoms with E-state index < -0.39 is 0 Å². The van der Waals surface area contributed by atoms with E-state index in [2.05, 4.69) is 58.9 Å². The fourth-order valence-electron chi connectivity index (χ4n) is 2.83. The van der Waals surface area contributed by atoms with Crippen molar-refractivity contribution in [3.8, 4) is 11.5 Å². The van der Waals surface area contributed by atoms with Crippen LogP contribution in [0.2, 0.25) is 0 Å². The highest BCUT2D eigenvalue weighted by atomic mass is 79.9. The molecule has 0 amide bonds. The van der Waals surface area contributed by atoms with Gasteiger partial charge in [0.25, 0.3) is 0 Å². The Morgan fingerprint density at radius 3 is 2.82 bits per heavy atom. The Balaban J connectivity index is 2.01. The number of halogens is 1. The second kappa shape index (κ2) is 6.21. The first-order chi connectivity index (χ1) is 10.6. The summed E-state index contributed by atoms with van der Waals surface area (Å²) in [6, 6.07) is 12.5. The Hall–Kier alpha value is -1.68. The molecule has 0 aliphatic carbocycles.